The number of hydrogen-bond acceptors (Lipinski definition) is 3. The average molecular weight is 379 g/mol. The molecule has 4 aliphatic rings. The summed E-state index contributed by atoms with van der Waals surface area (Å²) in [4.78, 5) is 18.1. The van der Waals surface area contributed by atoms with Crippen LogP contribution < -0.4 is 0 Å². The van der Waals surface area contributed by atoms with Gasteiger partial charge in [-0.05, 0) is 56.6 Å². The molecule has 2 atom stereocenters. The maximum absolute atomic E-state index is 13.2. The van der Waals surface area contributed by atoms with Crippen molar-refractivity contribution in [2.75, 3.05) is 19.6 Å². The Labute approximate surface area is 167 Å². The molecule has 2 aromatic rings. The van der Waals surface area contributed by atoms with E-state index in [0.29, 0.717) is 18.0 Å². The highest BCUT2D eigenvalue weighted by molar-refractivity contribution is 5.94. The summed E-state index contributed by atoms with van der Waals surface area (Å²) >= 11 is 0. The number of benzene rings is 1. The van der Waals surface area contributed by atoms with Crippen LogP contribution in [0.15, 0.2) is 36.7 Å². The van der Waals surface area contributed by atoms with Crippen LogP contribution in [-0.2, 0) is 12.8 Å². The van der Waals surface area contributed by atoms with Crippen molar-refractivity contribution in [2.24, 2.45) is 5.92 Å². The van der Waals surface area contributed by atoms with Gasteiger partial charge in [-0.15, -0.1) is 0 Å². The zero-order chi connectivity index (χ0) is 19.3. The minimum Gasteiger partial charge on any atom is -0.334 e. The van der Waals surface area contributed by atoms with Crippen LogP contribution in [0.1, 0.15) is 54.2 Å². The van der Waals surface area contributed by atoms with Crippen LogP contribution in [0.5, 0.6) is 0 Å². The monoisotopic (exact) mass is 378 g/mol. The number of nitrogens with zero attached hydrogens (tertiary/aromatic N) is 4. The van der Waals surface area contributed by atoms with Crippen molar-refractivity contribution in [3.8, 4) is 0 Å². The minimum atomic E-state index is 0.165. The van der Waals surface area contributed by atoms with Crippen molar-refractivity contribution in [2.45, 2.75) is 57.7 Å². The first-order valence-electron chi connectivity index (χ1n) is 10.7. The summed E-state index contributed by atoms with van der Waals surface area (Å²) in [7, 11) is 0. The van der Waals surface area contributed by atoms with Gasteiger partial charge in [0.25, 0.3) is 5.91 Å². The van der Waals surface area contributed by atoms with Crippen LogP contribution >= 0.6 is 0 Å². The summed E-state index contributed by atoms with van der Waals surface area (Å²) in [5.74, 6) is 0.754. The molecule has 1 amide bonds. The lowest BCUT2D eigenvalue weighted by molar-refractivity contribution is 0.0581. The van der Waals surface area contributed by atoms with Gasteiger partial charge in [-0.25, -0.2) is 0 Å². The van der Waals surface area contributed by atoms with Gasteiger partial charge < -0.3 is 4.90 Å². The van der Waals surface area contributed by atoms with Crippen LogP contribution in [-0.4, -0.2) is 57.2 Å². The second-order valence-electron chi connectivity index (χ2n) is 9.14. The third-order valence-electron chi connectivity index (χ3n) is 6.93. The minimum absolute atomic E-state index is 0.165. The van der Waals surface area contributed by atoms with E-state index in [1.54, 1.807) is 6.20 Å². The predicted octanol–water partition coefficient (Wildman–Crippen LogP) is 3.17. The highest BCUT2D eigenvalue weighted by Gasteiger charge is 2.40. The molecule has 0 radical (unpaired) electrons. The smallest absolute Gasteiger partial charge is 0.257 e. The van der Waals surface area contributed by atoms with E-state index in [4.69, 9.17) is 0 Å². The standard InChI is InChI=1S/C23H30N4O/c1-16(2)27-14-20(11-24-27)23(28)26-13-17-7-8-21(26)15-25(12-17)22-9-18-5-3-4-6-19(18)10-22/h3-6,11,14,16-17,21-22H,7-10,12-13,15H2,1-2H3/t17-,21+/m1/s1. The molecule has 1 aromatic carbocycles. The van der Waals surface area contributed by atoms with Crippen molar-refractivity contribution in [1.29, 1.82) is 0 Å². The Kier molecular flexibility index (Phi) is 4.50. The highest BCUT2D eigenvalue weighted by Crippen LogP contribution is 2.33. The summed E-state index contributed by atoms with van der Waals surface area (Å²) in [6, 6.07) is 10.1. The molecule has 3 fully saturated rings. The van der Waals surface area contributed by atoms with Gasteiger partial charge in [-0.1, -0.05) is 24.3 Å². The molecular weight excluding hydrogens is 348 g/mol. The first-order chi connectivity index (χ1) is 13.6. The predicted molar refractivity (Wildman–Crippen MR) is 109 cm³/mol. The van der Waals surface area contributed by atoms with Gasteiger partial charge in [0, 0.05) is 44.0 Å². The lowest BCUT2D eigenvalue weighted by Crippen LogP contribution is -2.48. The molecule has 0 unspecified atom stereocenters. The van der Waals surface area contributed by atoms with Gasteiger partial charge in [-0.2, -0.15) is 5.10 Å². The van der Waals surface area contributed by atoms with Gasteiger partial charge >= 0.3 is 0 Å². The summed E-state index contributed by atoms with van der Waals surface area (Å²) in [6.07, 6.45) is 8.35. The lowest BCUT2D eigenvalue weighted by Gasteiger charge is -2.36. The second kappa shape index (κ2) is 7.03. The molecule has 4 heterocycles. The molecule has 1 aromatic heterocycles. The number of rotatable bonds is 3. The number of fused-ring (bicyclic) bond motifs is 5. The fourth-order valence-corrected chi connectivity index (χ4v) is 5.36. The van der Waals surface area contributed by atoms with E-state index < -0.39 is 0 Å². The molecule has 28 heavy (non-hydrogen) atoms. The van der Waals surface area contributed by atoms with Crippen molar-refractivity contribution in [3.05, 3.63) is 53.3 Å². The summed E-state index contributed by atoms with van der Waals surface area (Å²) in [5, 5.41) is 4.38. The largest absolute Gasteiger partial charge is 0.334 e. The number of amides is 1. The van der Waals surface area contributed by atoms with Crippen LogP contribution in [0.2, 0.25) is 0 Å². The number of aromatic nitrogens is 2. The summed E-state index contributed by atoms with van der Waals surface area (Å²) in [6.45, 7) is 7.22. The molecule has 6 rings (SSSR count). The number of carbonyl (C=O) groups excluding carboxylic acids is 1. The van der Waals surface area contributed by atoms with E-state index in [9.17, 15) is 4.79 Å². The van der Waals surface area contributed by atoms with E-state index in [1.807, 2.05) is 10.9 Å². The van der Waals surface area contributed by atoms with E-state index in [1.165, 1.54) is 17.5 Å². The quantitative estimate of drug-likeness (QED) is 0.824. The molecular formula is C23H30N4O. The highest BCUT2D eigenvalue weighted by atomic mass is 16.2. The zero-order valence-corrected chi connectivity index (χ0v) is 16.9. The van der Waals surface area contributed by atoms with Gasteiger partial charge in [0.05, 0.1) is 11.8 Å². The Morgan fingerprint density at radius 2 is 1.79 bits per heavy atom. The van der Waals surface area contributed by atoms with Gasteiger partial charge in [0.2, 0.25) is 0 Å². The fraction of sp³-hybridized carbons (Fsp3) is 0.565. The topological polar surface area (TPSA) is 41.4 Å². The fourth-order valence-electron chi connectivity index (χ4n) is 5.36. The van der Waals surface area contributed by atoms with Crippen molar-refractivity contribution in [3.63, 3.8) is 0 Å². The molecule has 148 valence electrons. The maximum atomic E-state index is 13.2. The summed E-state index contributed by atoms with van der Waals surface area (Å²) < 4.78 is 1.88. The van der Waals surface area contributed by atoms with Gasteiger partial charge in [-0.3, -0.25) is 14.4 Å². The molecule has 2 bridgehead atoms. The number of hydrogen-bond donors (Lipinski definition) is 0. The Bertz CT molecular complexity index is 848. The molecule has 1 aliphatic carbocycles. The van der Waals surface area contributed by atoms with Gasteiger partial charge in [0.1, 0.15) is 0 Å². The molecule has 0 saturated carbocycles. The first kappa shape index (κ1) is 17.9. The molecule has 5 nitrogen and oxygen atoms in total. The molecule has 3 saturated heterocycles. The Morgan fingerprint density at radius 3 is 2.46 bits per heavy atom. The second-order valence-corrected chi connectivity index (χ2v) is 9.14. The van der Waals surface area contributed by atoms with Crippen LogP contribution in [0.3, 0.4) is 0 Å². The van der Waals surface area contributed by atoms with Crippen LogP contribution in [0.25, 0.3) is 0 Å². The van der Waals surface area contributed by atoms with E-state index in [2.05, 4.69) is 53.0 Å². The van der Waals surface area contributed by atoms with Crippen LogP contribution in [0.4, 0.5) is 0 Å². The molecule has 0 spiro atoms. The van der Waals surface area contributed by atoms with E-state index in [0.717, 1.165) is 44.5 Å². The third-order valence-corrected chi connectivity index (χ3v) is 6.93. The van der Waals surface area contributed by atoms with Gasteiger partial charge in [0.15, 0.2) is 0 Å². The molecule has 0 N–H and O–H groups in total. The SMILES string of the molecule is CC(C)n1cc(C(=O)N2C[C@@H]3CC[C@H]2CN(C2Cc4ccccc4C2)C3)cn1. The Morgan fingerprint density at radius 1 is 1.04 bits per heavy atom. The zero-order valence-electron chi connectivity index (χ0n) is 16.9. The van der Waals surface area contributed by atoms with E-state index >= 15 is 0 Å². The van der Waals surface area contributed by atoms with Crippen LogP contribution in [0, 0.1) is 5.92 Å². The van der Waals surface area contributed by atoms with Crippen molar-refractivity contribution in [1.82, 2.24) is 19.6 Å². The maximum Gasteiger partial charge on any atom is 0.257 e. The van der Waals surface area contributed by atoms with Crippen molar-refractivity contribution >= 4 is 5.91 Å². The normalized spacial score (nSPS) is 25.3. The summed E-state index contributed by atoms with van der Waals surface area (Å²) in [5.41, 5.74) is 3.76. The first-order valence-corrected chi connectivity index (χ1v) is 10.7. The average Bonchev–Trinajstić information content (AvgIpc) is 3.26. The van der Waals surface area contributed by atoms with E-state index in [-0.39, 0.29) is 11.9 Å². The number of carbonyl (C=O) groups is 1. The Balaban J connectivity index is 1.32. The lowest BCUT2D eigenvalue weighted by atomic mass is 9.94. The van der Waals surface area contributed by atoms with Crippen molar-refractivity contribution < 1.29 is 4.79 Å². The Hall–Kier alpha value is -2.14. The molecule has 3 aliphatic heterocycles. The number of piperidine rings is 1. The molecule has 5 heteroatoms. The third kappa shape index (κ3) is 3.16.